The molecular weight excluding hydrogens is 612 g/mol. The first-order valence-corrected chi connectivity index (χ1v) is 13.2. The van der Waals surface area contributed by atoms with E-state index in [1.807, 2.05) is 0 Å². The quantitative estimate of drug-likeness (QED) is 0.0483. The van der Waals surface area contributed by atoms with Gasteiger partial charge in [0.1, 0.15) is 5.75 Å². The van der Waals surface area contributed by atoms with Crippen LogP contribution >= 0.6 is 27.5 Å². The zero-order valence-electron chi connectivity index (χ0n) is 21.0. The number of halogens is 2. The van der Waals surface area contributed by atoms with E-state index < -0.39 is 10.9 Å². The van der Waals surface area contributed by atoms with E-state index in [1.54, 1.807) is 72.8 Å². The lowest BCUT2D eigenvalue weighted by atomic mass is 10.2. The van der Waals surface area contributed by atoms with E-state index in [1.165, 1.54) is 41.2 Å². The van der Waals surface area contributed by atoms with Gasteiger partial charge in [0, 0.05) is 38.8 Å². The van der Waals surface area contributed by atoms with Crippen LogP contribution in [-0.2, 0) is 4.79 Å². The molecular formula is C30H18BrClN4O5. The van der Waals surface area contributed by atoms with Crippen molar-refractivity contribution >= 4 is 62.4 Å². The van der Waals surface area contributed by atoms with Crippen LogP contribution in [0, 0.1) is 10.1 Å². The van der Waals surface area contributed by atoms with Crippen molar-refractivity contribution in [2.24, 2.45) is 5.10 Å². The van der Waals surface area contributed by atoms with Gasteiger partial charge in [-0.25, -0.2) is 9.78 Å². The van der Waals surface area contributed by atoms with Gasteiger partial charge in [0.25, 0.3) is 11.2 Å². The number of para-hydroxylation sites is 1. The minimum atomic E-state index is -0.708. The highest BCUT2D eigenvalue weighted by Crippen LogP contribution is 2.24. The molecule has 5 aromatic rings. The second-order valence-electron chi connectivity index (χ2n) is 8.61. The van der Waals surface area contributed by atoms with E-state index in [0.717, 1.165) is 0 Å². The third kappa shape index (κ3) is 6.46. The minimum absolute atomic E-state index is 0.0942. The Bertz CT molecular complexity index is 1920. The predicted octanol–water partition coefficient (Wildman–Crippen LogP) is 6.89. The molecule has 0 aliphatic rings. The Kier molecular flexibility index (Phi) is 8.14. The number of nitrogens with zero attached hydrogens (tertiary/aromatic N) is 4. The fourth-order valence-corrected chi connectivity index (χ4v) is 4.40. The summed E-state index contributed by atoms with van der Waals surface area (Å²) >= 11 is 9.47. The standard InChI is InChI=1S/C30H18BrClN4O5/c31-22-11-14-27(41-28(37)15-8-19-4-3-5-24(16-19)36(39)40)21(17-22)18-33-35-29(20-9-12-23(32)13-10-20)34-26-7-2-1-6-25(26)30(35)38/h1-18H/b15-8+,33-18?. The van der Waals surface area contributed by atoms with Gasteiger partial charge in [-0.15, -0.1) is 0 Å². The van der Waals surface area contributed by atoms with E-state index in [-0.39, 0.29) is 17.0 Å². The monoisotopic (exact) mass is 628 g/mol. The van der Waals surface area contributed by atoms with Crippen LogP contribution in [0.5, 0.6) is 5.75 Å². The Morgan fingerprint density at radius 2 is 1.80 bits per heavy atom. The number of ether oxygens (including phenoxy) is 1. The molecule has 0 amide bonds. The molecule has 0 aliphatic carbocycles. The van der Waals surface area contributed by atoms with Gasteiger partial charge in [-0.2, -0.15) is 9.78 Å². The van der Waals surface area contributed by atoms with Crippen LogP contribution in [0.15, 0.2) is 111 Å². The van der Waals surface area contributed by atoms with Crippen molar-refractivity contribution in [3.63, 3.8) is 0 Å². The van der Waals surface area contributed by atoms with Crippen LogP contribution in [0.4, 0.5) is 5.69 Å². The first kappa shape index (κ1) is 27.6. The summed E-state index contributed by atoms with van der Waals surface area (Å²) in [6.45, 7) is 0. The third-order valence-corrected chi connectivity index (χ3v) is 6.59. The fourth-order valence-electron chi connectivity index (χ4n) is 3.90. The highest BCUT2D eigenvalue weighted by molar-refractivity contribution is 9.10. The van der Waals surface area contributed by atoms with Crippen LogP contribution in [0.2, 0.25) is 5.02 Å². The lowest BCUT2D eigenvalue weighted by Gasteiger charge is -2.10. The SMILES string of the molecule is O=C(/C=C/c1cccc([N+](=O)[O-])c1)Oc1ccc(Br)cc1C=Nn1c(-c2ccc(Cl)cc2)nc2ccccc2c1=O. The molecule has 41 heavy (non-hydrogen) atoms. The normalized spacial score (nSPS) is 11.4. The third-order valence-electron chi connectivity index (χ3n) is 5.84. The Morgan fingerprint density at radius 1 is 1.02 bits per heavy atom. The summed E-state index contributed by atoms with van der Waals surface area (Å²) in [4.78, 5) is 41.2. The summed E-state index contributed by atoms with van der Waals surface area (Å²) in [7, 11) is 0. The van der Waals surface area contributed by atoms with Crippen LogP contribution in [-0.4, -0.2) is 26.8 Å². The number of hydrogen-bond acceptors (Lipinski definition) is 7. The summed E-state index contributed by atoms with van der Waals surface area (Å²) in [5.41, 5.74) is 1.53. The second kappa shape index (κ2) is 12.1. The fraction of sp³-hybridized carbons (Fsp3) is 0. The summed E-state index contributed by atoms with van der Waals surface area (Å²) in [6.07, 6.45) is 3.98. The number of fused-ring (bicyclic) bond motifs is 1. The zero-order valence-corrected chi connectivity index (χ0v) is 23.3. The summed E-state index contributed by atoms with van der Waals surface area (Å²) in [5, 5.41) is 16.4. The molecule has 1 aromatic heterocycles. The summed E-state index contributed by atoms with van der Waals surface area (Å²) in [6, 6.07) is 24.6. The van der Waals surface area contributed by atoms with Crippen molar-refractivity contribution in [1.82, 2.24) is 9.66 Å². The highest BCUT2D eigenvalue weighted by Gasteiger charge is 2.14. The molecule has 202 valence electrons. The predicted molar refractivity (Wildman–Crippen MR) is 161 cm³/mol. The number of non-ortho nitro benzene ring substituents is 1. The van der Waals surface area contributed by atoms with Crippen LogP contribution < -0.4 is 10.3 Å². The Morgan fingerprint density at radius 3 is 2.59 bits per heavy atom. The maximum Gasteiger partial charge on any atom is 0.336 e. The van der Waals surface area contributed by atoms with Crippen molar-refractivity contribution in [2.75, 3.05) is 0 Å². The van der Waals surface area contributed by atoms with E-state index in [9.17, 15) is 19.7 Å². The minimum Gasteiger partial charge on any atom is -0.423 e. The van der Waals surface area contributed by atoms with Crippen molar-refractivity contribution in [2.45, 2.75) is 0 Å². The molecule has 0 N–H and O–H groups in total. The molecule has 1 heterocycles. The lowest BCUT2D eigenvalue weighted by Crippen LogP contribution is -2.20. The molecule has 0 aliphatic heterocycles. The first-order valence-electron chi connectivity index (χ1n) is 12.0. The molecule has 0 atom stereocenters. The van der Waals surface area contributed by atoms with Gasteiger partial charge in [0.05, 0.1) is 22.0 Å². The molecule has 0 saturated heterocycles. The first-order chi connectivity index (χ1) is 19.8. The molecule has 0 spiro atoms. The van der Waals surface area contributed by atoms with Crippen LogP contribution in [0.25, 0.3) is 28.4 Å². The van der Waals surface area contributed by atoms with E-state index in [0.29, 0.717) is 42.9 Å². The number of hydrogen-bond donors (Lipinski definition) is 0. The van der Waals surface area contributed by atoms with Crippen molar-refractivity contribution < 1.29 is 14.5 Å². The molecule has 4 aromatic carbocycles. The topological polar surface area (TPSA) is 117 Å². The molecule has 0 fully saturated rings. The van der Waals surface area contributed by atoms with E-state index in [4.69, 9.17) is 16.3 Å². The number of esters is 1. The number of rotatable bonds is 7. The van der Waals surface area contributed by atoms with Crippen LogP contribution in [0.3, 0.4) is 0 Å². The molecule has 0 saturated carbocycles. The molecule has 0 radical (unpaired) electrons. The average Bonchev–Trinajstić information content (AvgIpc) is 2.97. The van der Waals surface area contributed by atoms with Crippen LogP contribution in [0.1, 0.15) is 11.1 Å². The molecule has 0 bridgehead atoms. The molecule has 9 nitrogen and oxygen atoms in total. The number of aromatic nitrogens is 2. The maximum absolute atomic E-state index is 13.5. The summed E-state index contributed by atoms with van der Waals surface area (Å²) < 4.78 is 7.40. The lowest BCUT2D eigenvalue weighted by molar-refractivity contribution is -0.384. The molecule has 5 rings (SSSR count). The smallest absolute Gasteiger partial charge is 0.336 e. The Balaban J connectivity index is 1.49. The van der Waals surface area contributed by atoms with E-state index >= 15 is 0 Å². The number of carbonyl (C=O) groups is 1. The molecule has 11 heteroatoms. The number of nitro benzene ring substituents is 1. The highest BCUT2D eigenvalue weighted by atomic mass is 79.9. The van der Waals surface area contributed by atoms with Gasteiger partial charge in [0.15, 0.2) is 5.82 Å². The van der Waals surface area contributed by atoms with Gasteiger partial charge in [-0.3, -0.25) is 14.9 Å². The van der Waals surface area contributed by atoms with Gasteiger partial charge in [0.2, 0.25) is 0 Å². The zero-order chi connectivity index (χ0) is 28.9. The van der Waals surface area contributed by atoms with E-state index in [2.05, 4.69) is 26.0 Å². The largest absolute Gasteiger partial charge is 0.423 e. The Hall–Kier alpha value is -4.93. The number of nitro groups is 1. The van der Waals surface area contributed by atoms with Gasteiger partial charge in [-0.05, 0) is 66.2 Å². The van der Waals surface area contributed by atoms with Crippen molar-refractivity contribution in [1.29, 1.82) is 0 Å². The van der Waals surface area contributed by atoms with Crippen molar-refractivity contribution in [3.8, 4) is 17.1 Å². The number of carbonyl (C=O) groups excluding carboxylic acids is 1. The summed E-state index contributed by atoms with van der Waals surface area (Å²) in [5.74, 6) is -0.226. The van der Waals surface area contributed by atoms with Gasteiger partial charge >= 0.3 is 5.97 Å². The average molecular weight is 630 g/mol. The maximum atomic E-state index is 13.5. The van der Waals surface area contributed by atoms with Gasteiger partial charge in [-0.1, -0.05) is 51.8 Å². The van der Waals surface area contributed by atoms with Gasteiger partial charge < -0.3 is 4.74 Å². The number of benzene rings is 4. The van der Waals surface area contributed by atoms with Crippen molar-refractivity contribution in [3.05, 3.63) is 138 Å². The Labute approximate surface area is 246 Å². The molecule has 0 unspecified atom stereocenters. The second-order valence-corrected chi connectivity index (χ2v) is 9.96.